The molecule has 4 nitrogen and oxygen atoms in total. The van der Waals surface area contributed by atoms with Gasteiger partial charge in [-0.2, -0.15) is 0 Å². The van der Waals surface area contributed by atoms with Crippen molar-refractivity contribution in [2.75, 3.05) is 19.6 Å². The zero-order valence-electron chi connectivity index (χ0n) is 14.5. The third-order valence-corrected chi connectivity index (χ3v) is 3.76. The molecule has 0 aromatic heterocycles. The van der Waals surface area contributed by atoms with Gasteiger partial charge in [-0.3, -0.25) is 0 Å². The summed E-state index contributed by atoms with van der Waals surface area (Å²) in [6.07, 6.45) is 11.5. The summed E-state index contributed by atoms with van der Waals surface area (Å²) in [5, 5.41) is 11.7. The minimum absolute atomic E-state index is 0.333. The number of amidine groups is 1. The van der Waals surface area contributed by atoms with E-state index in [4.69, 9.17) is 10.9 Å². The van der Waals surface area contributed by atoms with Gasteiger partial charge in [0.25, 0.3) is 0 Å². The van der Waals surface area contributed by atoms with Crippen molar-refractivity contribution < 1.29 is 5.21 Å². The quantitative estimate of drug-likeness (QED) is 0.166. The second-order valence-corrected chi connectivity index (χ2v) is 6.51. The van der Waals surface area contributed by atoms with Gasteiger partial charge in [0, 0.05) is 19.5 Å². The Labute approximate surface area is 131 Å². The fraction of sp³-hybridized carbons (Fsp3) is 0.941. The number of nitrogens with zero attached hydrogens (tertiary/aromatic N) is 2. The van der Waals surface area contributed by atoms with Gasteiger partial charge in [-0.25, -0.2) is 0 Å². The summed E-state index contributed by atoms with van der Waals surface area (Å²) in [5.74, 6) is 0.992. The zero-order chi connectivity index (χ0) is 15.9. The van der Waals surface area contributed by atoms with Crippen LogP contribution in [-0.4, -0.2) is 35.6 Å². The van der Waals surface area contributed by atoms with Gasteiger partial charge >= 0.3 is 0 Å². The third-order valence-electron chi connectivity index (χ3n) is 3.76. The van der Waals surface area contributed by atoms with E-state index in [9.17, 15) is 0 Å². The molecular weight excluding hydrogens is 262 g/mol. The maximum absolute atomic E-state index is 8.61. The van der Waals surface area contributed by atoms with Gasteiger partial charge in [0.05, 0.1) is 0 Å². The van der Waals surface area contributed by atoms with Crippen molar-refractivity contribution in [2.45, 2.75) is 78.6 Å². The molecule has 0 spiro atoms. The Bertz CT molecular complexity index is 254. The predicted octanol–water partition coefficient (Wildman–Crippen LogP) is 4.22. The molecule has 0 rings (SSSR count). The molecular formula is C17H37N3O. The Morgan fingerprint density at radius 3 is 2.10 bits per heavy atom. The van der Waals surface area contributed by atoms with Crippen LogP contribution in [0.5, 0.6) is 0 Å². The summed E-state index contributed by atoms with van der Waals surface area (Å²) in [4.78, 5) is 2.44. The van der Waals surface area contributed by atoms with Crippen LogP contribution in [0.25, 0.3) is 0 Å². The summed E-state index contributed by atoms with van der Waals surface area (Å²) in [6, 6.07) is 0. The van der Waals surface area contributed by atoms with Gasteiger partial charge in [0.2, 0.25) is 0 Å². The van der Waals surface area contributed by atoms with E-state index in [1.54, 1.807) is 0 Å². The molecule has 0 bridgehead atoms. The summed E-state index contributed by atoms with van der Waals surface area (Å²) in [7, 11) is 0. The van der Waals surface area contributed by atoms with Crippen molar-refractivity contribution in [3.8, 4) is 0 Å². The predicted molar refractivity (Wildman–Crippen MR) is 91.9 cm³/mol. The van der Waals surface area contributed by atoms with E-state index in [1.165, 1.54) is 51.4 Å². The van der Waals surface area contributed by atoms with Gasteiger partial charge < -0.3 is 15.8 Å². The molecule has 0 aliphatic rings. The molecule has 21 heavy (non-hydrogen) atoms. The van der Waals surface area contributed by atoms with Crippen LogP contribution in [0.2, 0.25) is 0 Å². The van der Waals surface area contributed by atoms with Crippen molar-refractivity contribution in [1.82, 2.24) is 4.90 Å². The Hall–Kier alpha value is -0.770. The average Bonchev–Trinajstić information content (AvgIpc) is 2.46. The molecule has 0 aromatic rings. The number of oxime groups is 1. The maximum Gasteiger partial charge on any atom is 0.140 e. The van der Waals surface area contributed by atoms with Crippen LogP contribution in [-0.2, 0) is 0 Å². The van der Waals surface area contributed by atoms with Crippen molar-refractivity contribution in [3.63, 3.8) is 0 Å². The van der Waals surface area contributed by atoms with E-state index in [1.807, 2.05) is 0 Å². The molecule has 0 saturated heterocycles. The molecule has 0 amide bonds. The fourth-order valence-corrected chi connectivity index (χ4v) is 2.60. The summed E-state index contributed by atoms with van der Waals surface area (Å²) < 4.78 is 0. The molecule has 0 heterocycles. The van der Waals surface area contributed by atoms with Crippen LogP contribution in [0.4, 0.5) is 0 Å². The molecule has 3 N–H and O–H groups in total. The number of unbranched alkanes of at least 4 members (excludes halogenated alkanes) is 7. The van der Waals surface area contributed by atoms with Crippen LogP contribution in [0.15, 0.2) is 5.16 Å². The Balaban J connectivity index is 3.70. The number of rotatable bonds is 14. The first kappa shape index (κ1) is 20.2. The van der Waals surface area contributed by atoms with E-state index in [0.717, 1.165) is 19.6 Å². The Kier molecular flexibility index (Phi) is 13.7. The highest BCUT2D eigenvalue weighted by Crippen LogP contribution is 2.09. The summed E-state index contributed by atoms with van der Waals surface area (Å²) in [5.41, 5.74) is 5.56. The van der Waals surface area contributed by atoms with E-state index >= 15 is 0 Å². The molecule has 0 aliphatic carbocycles. The van der Waals surface area contributed by atoms with E-state index < -0.39 is 0 Å². The second-order valence-electron chi connectivity index (χ2n) is 6.51. The van der Waals surface area contributed by atoms with Crippen molar-refractivity contribution >= 4 is 5.84 Å². The third kappa shape index (κ3) is 13.9. The summed E-state index contributed by atoms with van der Waals surface area (Å²) >= 11 is 0. The van der Waals surface area contributed by atoms with Gasteiger partial charge in [0.1, 0.15) is 5.84 Å². The van der Waals surface area contributed by atoms with Crippen LogP contribution in [0.3, 0.4) is 0 Å². The van der Waals surface area contributed by atoms with Crippen LogP contribution in [0, 0.1) is 5.92 Å². The first-order valence-corrected chi connectivity index (χ1v) is 8.78. The SMILES string of the molecule is CCCCCCCCCCN(CCC(N)=NO)CC(C)C. The summed E-state index contributed by atoms with van der Waals surface area (Å²) in [6.45, 7) is 9.86. The highest BCUT2D eigenvalue weighted by Gasteiger charge is 2.08. The monoisotopic (exact) mass is 299 g/mol. The van der Waals surface area contributed by atoms with E-state index in [2.05, 4.69) is 30.8 Å². The lowest BCUT2D eigenvalue weighted by molar-refractivity contribution is 0.243. The van der Waals surface area contributed by atoms with E-state index in [-0.39, 0.29) is 0 Å². The van der Waals surface area contributed by atoms with Gasteiger partial charge in [0.15, 0.2) is 0 Å². The number of hydrogen-bond acceptors (Lipinski definition) is 3. The number of nitrogens with two attached hydrogens (primary N) is 1. The van der Waals surface area contributed by atoms with Gasteiger partial charge in [-0.05, 0) is 18.9 Å². The second kappa shape index (κ2) is 14.2. The van der Waals surface area contributed by atoms with Crippen molar-refractivity contribution in [1.29, 1.82) is 0 Å². The maximum atomic E-state index is 8.61. The minimum Gasteiger partial charge on any atom is -0.409 e. The lowest BCUT2D eigenvalue weighted by atomic mass is 10.1. The smallest absolute Gasteiger partial charge is 0.140 e. The van der Waals surface area contributed by atoms with Crippen LogP contribution >= 0.6 is 0 Å². The highest BCUT2D eigenvalue weighted by molar-refractivity contribution is 5.79. The van der Waals surface area contributed by atoms with E-state index in [0.29, 0.717) is 18.2 Å². The average molecular weight is 300 g/mol. The Morgan fingerprint density at radius 1 is 1.00 bits per heavy atom. The Morgan fingerprint density at radius 2 is 1.57 bits per heavy atom. The molecule has 0 radical (unpaired) electrons. The lowest BCUT2D eigenvalue weighted by Crippen LogP contribution is -2.32. The largest absolute Gasteiger partial charge is 0.409 e. The minimum atomic E-state index is 0.333. The lowest BCUT2D eigenvalue weighted by Gasteiger charge is -2.24. The molecule has 0 aromatic carbocycles. The normalized spacial score (nSPS) is 12.5. The topological polar surface area (TPSA) is 61.8 Å². The van der Waals surface area contributed by atoms with Crippen LogP contribution in [0.1, 0.15) is 78.6 Å². The first-order valence-electron chi connectivity index (χ1n) is 8.78. The molecule has 126 valence electrons. The molecule has 0 saturated carbocycles. The molecule has 0 fully saturated rings. The molecule has 0 atom stereocenters. The molecule has 0 aliphatic heterocycles. The van der Waals surface area contributed by atoms with Gasteiger partial charge in [-0.1, -0.05) is 70.9 Å². The van der Waals surface area contributed by atoms with Crippen molar-refractivity contribution in [2.24, 2.45) is 16.8 Å². The standard InChI is InChI=1S/C17H37N3O/c1-4-5-6-7-8-9-10-11-13-20(15-16(2)3)14-12-17(18)19-21/h16,21H,4-15H2,1-3H3,(H2,18,19). The van der Waals surface area contributed by atoms with Crippen molar-refractivity contribution in [3.05, 3.63) is 0 Å². The highest BCUT2D eigenvalue weighted by atomic mass is 16.4. The van der Waals surface area contributed by atoms with Gasteiger partial charge in [-0.15, -0.1) is 0 Å². The molecule has 0 unspecified atom stereocenters. The fourth-order valence-electron chi connectivity index (χ4n) is 2.60. The zero-order valence-corrected chi connectivity index (χ0v) is 14.5. The molecule has 4 heteroatoms. The first-order chi connectivity index (χ1) is 10.1. The number of hydrogen-bond donors (Lipinski definition) is 2. The van der Waals surface area contributed by atoms with Crippen LogP contribution < -0.4 is 5.73 Å².